The number of carboxylic acid groups (broad SMARTS) is 1. The van der Waals surface area contributed by atoms with Crippen LogP contribution in [0.1, 0.15) is 65.3 Å². The number of H-pyrrole nitrogens is 1. The van der Waals surface area contributed by atoms with Crippen LogP contribution in [0.25, 0.3) is 0 Å². The number of hydrogen-bond donors (Lipinski definition) is 3. The normalized spacial score (nSPS) is 14.7. The summed E-state index contributed by atoms with van der Waals surface area (Å²) in [7, 11) is 0. The van der Waals surface area contributed by atoms with E-state index in [1.807, 2.05) is 30.3 Å². The van der Waals surface area contributed by atoms with Gasteiger partial charge in [-0.2, -0.15) is 0 Å². The minimum Gasteiger partial charge on any atom is -0.481 e. The average molecular weight is 368 g/mol. The Morgan fingerprint density at radius 1 is 1.11 bits per heavy atom. The second-order valence-corrected chi connectivity index (χ2v) is 6.95. The molecule has 1 aliphatic rings. The first-order valence-corrected chi connectivity index (χ1v) is 9.37. The molecule has 142 valence electrons. The Kier molecular flexibility index (Phi) is 6.06. The molecule has 1 aromatic carbocycles. The van der Waals surface area contributed by atoms with E-state index in [1.54, 1.807) is 6.07 Å². The number of hydrogen-bond acceptors (Lipinski definition) is 3. The van der Waals surface area contributed by atoms with Crippen molar-refractivity contribution in [2.24, 2.45) is 0 Å². The Hall–Kier alpha value is -2.89. The summed E-state index contributed by atoms with van der Waals surface area (Å²) in [6.45, 7) is 0. The summed E-state index contributed by atoms with van der Waals surface area (Å²) >= 11 is 0. The van der Waals surface area contributed by atoms with Gasteiger partial charge in [0.05, 0.1) is 6.04 Å². The van der Waals surface area contributed by atoms with Gasteiger partial charge in [0.15, 0.2) is 0 Å². The Morgan fingerprint density at radius 3 is 2.59 bits per heavy atom. The third kappa shape index (κ3) is 4.84. The molecule has 0 spiro atoms. The molecule has 1 unspecified atom stereocenters. The van der Waals surface area contributed by atoms with E-state index in [9.17, 15) is 14.4 Å². The largest absolute Gasteiger partial charge is 0.481 e. The number of pyridine rings is 1. The minimum absolute atomic E-state index is 0.0691. The molecule has 3 N–H and O–H groups in total. The van der Waals surface area contributed by atoms with Crippen LogP contribution < -0.4 is 10.9 Å². The van der Waals surface area contributed by atoms with Crippen LogP contribution in [0.3, 0.4) is 0 Å². The lowest BCUT2D eigenvalue weighted by Gasteiger charge is -2.19. The van der Waals surface area contributed by atoms with Gasteiger partial charge in [-0.1, -0.05) is 36.8 Å². The number of aryl methyl sites for hydroxylation is 2. The standard InChI is InChI=1S/C21H24N2O4/c24-19(25)12-11-18(14-7-3-1-4-8-14)23-21(27)16-13-15-9-5-2-6-10-17(15)22-20(16)26/h1,3-4,7-8,13,18H,2,5-6,9-12H2,(H,22,26)(H,23,27)(H,24,25). The maximum absolute atomic E-state index is 12.8. The van der Waals surface area contributed by atoms with Gasteiger partial charge in [0.1, 0.15) is 5.56 Å². The third-order valence-corrected chi connectivity index (χ3v) is 4.99. The molecule has 0 saturated heterocycles. The van der Waals surface area contributed by atoms with Crippen LogP contribution >= 0.6 is 0 Å². The van der Waals surface area contributed by atoms with Crippen molar-refractivity contribution >= 4 is 11.9 Å². The van der Waals surface area contributed by atoms with Crippen molar-refractivity contribution in [1.82, 2.24) is 10.3 Å². The van der Waals surface area contributed by atoms with Crippen LogP contribution in [0.4, 0.5) is 0 Å². The van der Waals surface area contributed by atoms with E-state index >= 15 is 0 Å². The van der Waals surface area contributed by atoms with Crippen molar-refractivity contribution < 1.29 is 14.7 Å². The number of nitrogens with one attached hydrogen (secondary N) is 2. The van der Waals surface area contributed by atoms with Gasteiger partial charge in [-0.25, -0.2) is 0 Å². The zero-order valence-corrected chi connectivity index (χ0v) is 15.2. The van der Waals surface area contributed by atoms with E-state index in [2.05, 4.69) is 10.3 Å². The molecular weight excluding hydrogens is 344 g/mol. The summed E-state index contributed by atoms with van der Waals surface area (Å²) in [4.78, 5) is 39.0. The molecule has 1 amide bonds. The highest BCUT2D eigenvalue weighted by Gasteiger charge is 2.21. The van der Waals surface area contributed by atoms with Crippen LogP contribution in [0, 0.1) is 0 Å². The Morgan fingerprint density at radius 2 is 1.85 bits per heavy atom. The Balaban J connectivity index is 1.84. The number of rotatable bonds is 6. The van der Waals surface area contributed by atoms with E-state index in [0.29, 0.717) is 0 Å². The molecule has 6 nitrogen and oxygen atoms in total. The topological polar surface area (TPSA) is 99.3 Å². The molecule has 0 aliphatic heterocycles. The van der Waals surface area contributed by atoms with E-state index in [1.165, 1.54) is 0 Å². The lowest BCUT2D eigenvalue weighted by Crippen LogP contribution is -2.33. The predicted octanol–water partition coefficient (Wildman–Crippen LogP) is 2.98. The zero-order chi connectivity index (χ0) is 19.2. The van der Waals surface area contributed by atoms with Gasteiger partial charge in [-0.15, -0.1) is 0 Å². The predicted molar refractivity (Wildman–Crippen MR) is 102 cm³/mol. The molecule has 2 aromatic rings. The minimum atomic E-state index is -0.923. The van der Waals surface area contributed by atoms with Crippen LogP contribution in [-0.4, -0.2) is 22.0 Å². The second kappa shape index (κ2) is 8.66. The monoisotopic (exact) mass is 368 g/mol. The molecule has 6 heteroatoms. The highest BCUT2D eigenvalue weighted by molar-refractivity contribution is 5.94. The smallest absolute Gasteiger partial charge is 0.303 e. The fourth-order valence-electron chi connectivity index (χ4n) is 3.53. The van der Waals surface area contributed by atoms with Crippen molar-refractivity contribution in [2.75, 3.05) is 0 Å². The molecule has 0 radical (unpaired) electrons. The van der Waals surface area contributed by atoms with Crippen molar-refractivity contribution in [3.8, 4) is 0 Å². The Bertz CT molecular complexity index is 873. The number of carbonyl (C=O) groups is 2. The van der Waals surface area contributed by atoms with Crippen LogP contribution in [0.5, 0.6) is 0 Å². The molecular formula is C21H24N2O4. The van der Waals surface area contributed by atoms with Gasteiger partial charge in [-0.3, -0.25) is 14.4 Å². The Labute approximate surface area is 157 Å². The number of carboxylic acids is 1. The number of aromatic amines is 1. The number of fused-ring (bicyclic) bond motifs is 1. The third-order valence-electron chi connectivity index (χ3n) is 4.99. The SMILES string of the molecule is O=C(O)CCC(NC(=O)c1cc2c([nH]c1=O)CCCCC2)c1ccccc1. The van der Waals surface area contributed by atoms with Crippen LogP contribution in [-0.2, 0) is 17.6 Å². The fourth-order valence-corrected chi connectivity index (χ4v) is 3.53. The summed E-state index contributed by atoms with van der Waals surface area (Å²) in [6, 6.07) is 10.5. The first-order chi connectivity index (χ1) is 13.0. The van der Waals surface area contributed by atoms with E-state index in [-0.39, 0.29) is 18.4 Å². The van der Waals surface area contributed by atoms with Gasteiger partial charge >= 0.3 is 5.97 Å². The molecule has 0 saturated carbocycles. The van der Waals surface area contributed by atoms with Crippen molar-refractivity contribution in [2.45, 2.75) is 51.0 Å². The average Bonchev–Trinajstić information content (AvgIpc) is 2.89. The lowest BCUT2D eigenvalue weighted by atomic mass is 10.0. The van der Waals surface area contributed by atoms with Crippen molar-refractivity contribution in [1.29, 1.82) is 0 Å². The van der Waals surface area contributed by atoms with Gasteiger partial charge in [0.2, 0.25) is 0 Å². The molecule has 0 bridgehead atoms. The highest BCUT2D eigenvalue weighted by Crippen LogP contribution is 2.21. The molecule has 1 atom stereocenters. The maximum Gasteiger partial charge on any atom is 0.303 e. The summed E-state index contributed by atoms with van der Waals surface area (Å²) in [6.07, 6.45) is 5.08. The number of carbonyl (C=O) groups excluding carboxylic acids is 1. The van der Waals surface area contributed by atoms with Crippen molar-refractivity contribution in [3.05, 3.63) is 69.1 Å². The molecule has 3 rings (SSSR count). The van der Waals surface area contributed by atoms with Gasteiger partial charge in [0, 0.05) is 12.1 Å². The first-order valence-electron chi connectivity index (χ1n) is 9.37. The summed E-state index contributed by atoms with van der Waals surface area (Å²) < 4.78 is 0. The first kappa shape index (κ1) is 18.9. The maximum atomic E-state index is 12.8. The molecule has 27 heavy (non-hydrogen) atoms. The molecule has 0 fully saturated rings. The molecule has 1 aliphatic carbocycles. The summed E-state index contributed by atoms with van der Waals surface area (Å²) in [5.74, 6) is -1.39. The lowest BCUT2D eigenvalue weighted by molar-refractivity contribution is -0.137. The van der Waals surface area contributed by atoms with E-state index in [0.717, 1.165) is 48.9 Å². The fraction of sp³-hybridized carbons (Fsp3) is 0.381. The van der Waals surface area contributed by atoms with Crippen molar-refractivity contribution in [3.63, 3.8) is 0 Å². The number of amides is 1. The number of aromatic nitrogens is 1. The van der Waals surface area contributed by atoms with Crippen LogP contribution in [0.2, 0.25) is 0 Å². The number of aliphatic carboxylic acids is 1. The van der Waals surface area contributed by atoms with Gasteiger partial charge in [0.25, 0.3) is 11.5 Å². The molecule has 1 aromatic heterocycles. The van der Waals surface area contributed by atoms with E-state index < -0.39 is 23.5 Å². The second-order valence-electron chi connectivity index (χ2n) is 6.95. The zero-order valence-electron chi connectivity index (χ0n) is 15.2. The van der Waals surface area contributed by atoms with Gasteiger partial charge in [-0.05, 0) is 49.3 Å². The highest BCUT2D eigenvalue weighted by atomic mass is 16.4. The van der Waals surface area contributed by atoms with Crippen LogP contribution in [0.15, 0.2) is 41.2 Å². The van der Waals surface area contributed by atoms with Gasteiger partial charge < -0.3 is 15.4 Å². The summed E-state index contributed by atoms with van der Waals surface area (Å²) in [5, 5.41) is 11.8. The quantitative estimate of drug-likeness (QED) is 0.683. The van der Waals surface area contributed by atoms with E-state index in [4.69, 9.17) is 5.11 Å². The molecule has 1 heterocycles. The summed E-state index contributed by atoms with van der Waals surface area (Å²) in [5.41, 5.74) is 2.47. The number of benzene rings is 1.